The van der Waals surface area contributed by atoms with Gasteiger partial charge in [0.1, 0.15) is 5.82 Å². The lowest BCUT2D eigenvalue weighted by Gasteiger charge is -2.07. The number of amides is 1. The third-order valence-corrected chi connectivity index (χ3v) is 3.11. The van der Waals surface area contributed by atoms with Gasteiger partial charge in [-0.2, -0.15) is 0 Å². The van der Waals surface area contributed by atoms with Gasteiger partial charge in [0.05, 0.1) is 0 Å². The molecule has 4 heteroatoms. The Morgan fingerprint density at radius 1 is 1.05 bits per heavy atom. The van der Waals surface area contributed by atoms with Crippen molar-refractivity contribution in [1.82, 2.24) is 5.32 Å². The molecule has 0 fully saturated rings. The second kappa shape index (κ2) is 7.55. The Bertz CT molecular complexity index is 579. The first kappa shape index (κ1) is 15.2. The average Bonchev–Trinajstić information content (AvgIpc) is 2.48. The van der Waals surface area contributed by atoms with Gasteiger partial charge in [-0.1, -0.05) is 29.8 Å². The summed E-state index contributed by atoms with van der Waals surface area (Å²) in [4.78, 5) is 11.7. The van der Waals surface area contributed by atoms with Crippen molar-refractivity contribution in [1.29, 1.82) is 0 Å². The number of hydrogen-bond acceptors (Lipinski definition) is 2. The molecule has 0 aliphatic carbocycles. The van der Waals surface area contributed by atoms with E-state index in [1.807, 2.05) is 0 Å². The molecule has 2 aromatic carbocycles. The van der Waals surface area contributed by atoms with E-state index in [-0.39, 0.29) is 11.7 Å². The summed E-state index contributed by atoms with van der Waals surface area (Å²) in [5.41, 5.74) is 3.04. The summed E-state index contributed by atoms with van der Waals surface area (Å²) in [5, 5.41) is 5.96. The Morgan fingerprint density at radius 3 is 2.38 bits per heavy atom. The van der Waals surface area contributed by atoms with E-state index in [1.54, 1.807) is 12.1 Å². The zero-order valence-corrected chi connectivity index (χ0v) is 12.0. The largest absolute Gasteiger partial charge is 0.326 e. The first-order chi connectivity index (χ1) is 10.1. The average molecular weight is 286 g/mol. The van der Waals surface area contributed by atoms with E-state index in [1.165, 1.54) is 23.3 Å². The summed E-state index contributed by atoms with van der Waals surface area (Å²) in [6, 6.07) is 14.0. The molecule has 2 aromatic rings. The molecule has 0 aromatic heterocycles. The molecule has 0 radical (unpaired) electrons. The third kappa shape index (κ3) is 5.36. The topological polar surface area (TPSA) is 41.1 Å². The molecular weight excluding hydrogens is 267 g/mol. The molecule has 0 heterocycles. The monoisotopic (exact) mass is 286 g/mol. The molecule has 0 saturated heterocycles. The normalized spacial score (nSPS) is 10.4. The van der Waals surface area contributed by atoms with Crippen LogP contribution < -0.4 is 10.6 Å². The zero-order valence-electron chi connectivity index (χ0n) is 12.0. The Kier molecular flexibility index (Phi) is 5.46. The second-order valence-corrected chi connectivity index (χ2v) is 4.97. The van der Waals surface area contributed by atoms with Crippen LogP contribution in [0.25, 0.3) is 0 Å². The van der Waals surface area contributed by atoms with Crippen LogP contribution in [0.15, 0.2) is 48.5 Å². The molecule has 0 spiro atoms. The van der Waals surface area contributed by atoms with Crippen molar-refractivity contribution in [2.45, 2.75) is 19.9 Å². The Hall–Kier alpha value is -2.20. The van der Waals surface area contributed by atoms with E-state index in [0.717, 1.165) is 6.54 Å². The third-order valence-electron chi connectivity index (χ3n) is 3.11. The number of aryl methyl sites for hydroxylation is 1. The van der Waals surface area contributed by atoms with Gasteiger partial charge in [-0.25, -0.2) is 4.39 Å². The van der Waals surface area contributed by atoms with Crippen molar-refractivity contribution in [3.63, 3.8) is 0 Å². The van der Waals surface area contributed by atoms with Gasteiger partial charge in [0.25, 0.3) is 0 Å². The first-order valence-corrected chi connectivity index (χ1v) is 6.95. The van der Waals surface area contributed by atoms with Gasteiger partial charge in [-0.3, -0.25) is 4.79 Å². The van der Waals surface area contributed by atoms with Gasteiger partial charge < -0.3 is 10.6 Å². The van der Waals surface area contributed by atoms with Gasteiger partial charge in [0.15, 0.2) is 0 Å². The number of rotatable bonds is 6. The van der Waals surface area contributed by atoms with Gasteiger partial charge >= 0.3 is 0 Å². The molecule has 2 rings (SSSR count). The van der Waals surface area contributed by atoms with Gasteiger partial charge in [-0.15, -0.1) is 0 Å². The molecule has 0 aliphatic heterocycles. The van der Waals surface area contributed by atoms with Gasteiger partial charge in [0.2, 0.25) is 5.91 Å². The number of nitrogens with one attached hydrogen (secondary N) is 2. The summed E-state index contributed by atoms with van der Waals surface area (Å²) < 4.78 is 12.7. The van der Waals surface area contributed by atoms with E-state index >= 15 is 0 Å². The maximum Gasteiger partial charge on any atom is 0.225 e. The van der Waals surface area contributed by atoms with Crippen LogP contribution in [-0.2, 0) is 11.3 Å². The summed E-state index contributed by atoms with van der Waals surface area (Å²) >= 11 is 0. The number of benzene rings is 2. The summed E-state index contributed by atoms with van der Waals surface area (Å²) in [6.07, 6.45) is 0.378. The summed E-state index contributed by atoms with van der Waals surface area (Å²) in [7, 11) is 0. The second-order valence-electron chi connectivity index (χ2n) is 4.97. The van der Waals surface area contributed by atoms with Crippen LogP contribution in [0, 0.1) is 12.7 Å². The minimum absolute atomic E-state index is 0.0852. The highest BCUT2D eigenvalue weighted by molar-refractivity contribution is 5.90. The lowest BCUT2D eigenvalue weighted by atomic mass is 10.1. The molecular formula is C17H19FN2O. The molecule has 0 saturated carbocycles. The molecule has 2 N–H and O–H groups in total. The van der Waals surface area contributed by atoms with Crippen molar-refractivity contribution in [2.75, 3.05) is 11.9 Å². The molecule has 0 bridgehead atoms. The minimum Gasteiger partial charge on any atom is -0.326 e. The van der Waals surface area contributed by atoms with Crippen LogP contribution in [0.2, 0.25) is 0 Å². The maximum absolute atomic E-state index is 12.7. The number of hydrogen-bond donors (Lipinski definition) is 2. The Morgan fingerprint density at radius 2 is 1.71 bits per heavy atom. The van der Waals surface area contributed by atoms with Gasteiger partial charge in [-0.05, 0) is 36.8 Å². The van der Waals surface area contributed by atoms with Crippen molar-refractivity contribution in [3.05, 3.63) is 65.5 Å². The number of anilines is 1. The maximum atomic E-state index is 12.7. The molecule has 110 valence electrons. The van der Waals surface area contributed by atoms with Crippen LogP contribution in [0.1, 0.15) is 17.5 Å². The van der Waals surface area contributed by atoms with Crippen LogP contribution in [0.4, 0.5) is 10.1 Å². The van der Waals surface area contributed by atoms with Crippen molar-refractivity contribution in [3.8, 4) is 0 Å². The van der Waals surface area contributed by atoms with Crippen LogP contribution in [-0.4, -0.2) is 12.5 Å². The fraction of sp³-hybridized carbons (Fsp3) is 0.235. The van der Waals surface area contributed by atoms with E-state index in [4.69, 9.17) is 0 Å². The molecule has 21 heavy (non-hydrogen) atoms. The summed E-state index contributed by atoms with van der Waals surface area (Å²) in [5.74, 6) is -0.397. The smallest absolute Gasteiger partial charge is 0.225 e. The van der Waals surface area contributed by atoms with Crippen molar-refractivity contribution in [2.24, 2.45) is 0 Å². The number of carbonyl (C=O) groups is 1. The fourth-order valence-electron chi connectivity index (χ4n) is 1.90. The Balaban J connectivity index is 1.67. The number of carbonyl (C=O) groups excluding carboxylic acids is 1. The van der Waals surface area contributed by atoms with Crippen molar-refractivity contribution < 1.29 is 9.18 Å². The highest BCUT2D eigenvalue weighted by Gasteiger charge is 2.02. The fourth-order valence-corrected chi connectivity index (χ4v) is 1.90. The zero-order chi connectivity index (χ0) is 15.1. The molecule has 1 amide bonds. The quantitative estimate of drug-likeness (QED) is 0.800. The van der Waals surface area contributed by atoms with Crippen molar-refractivity contribution >= 4 is 11.6 Å². The predicted octanol–water partition coefficient (Wildman–Crippen LogP) is 3.25. The molecule has 3 nitrogen and oxygen atoms in total. The lowest BCUT2D eigenvalue weighted by molar-refractivity contribution is -0.116. The van der Waals surface area contributed by atoms with E-state index in [0.29, 0.717) is 18.7 Å². The Labute approximate surface area is 124 Å². The lowest BCUT2D eigenvalue weighted by Crippen LogP contribution is -2.21. The van der Waals surface area contributed by atoms with E-state index < -0.39 is 0 Å². The first-order valence-electron chi connectivity index (χ1n) is 6.95. The van der Waals surface area contributed by atoms with E-state index in [2.05, 4.69) is 41.8 Å². The van der Waals surface area contributed by atoms with Crippen LogP contribution in [0.5, 0.6) is 0 Å². The molecule has 0 unspecified atom stereocenters. The molecule has 0 atom stereocenters. The van der Waals surface area contributed by atoms with Crippen LogP contribution in [0.3, 0.4) is 0 Å². The standard InChI is InChI=1S/C17H19FN2O/c1-13-2-4-14(5-3-13)12-19-11-10-17(21)20-16-8-6-15(18)7-9-16/h2-9,19H,10-12H2,1H3,(H,20,21). The predicted molar refractivity (Wildman–Crippen MR) is 82.5 cm³/mol. The SMILES string of the molecule is Cc1ccc(CNCCC(=O)Nc2ccc(F)cc2)cc1. The van der Waals surface area contributed by atoms with E-state index in [9.17, 15) is 9.18 Å². The molecule has 0 aliphatic rings. The summed E-state index contributed by atoms with van der Waals surface area (Å²) in [6.45, 7) is 3.39. The highest BCUT2D eigenvalue weighted by Crippen LogP contribution is 2.08. The highest BCUT2D eigenvalue weighted by atomic mass is 19.1. The van der Waals surface area contributed by atoms with Crippen LogP contribution >= 0.6 is 0 Å². The van der Waals surface area contributed by atoms with Gasteiger partial charge in [0, 0.05) is 25.2 Å². The number of halogens is 1. The minimum atomic E-state index is -0.312.